The molecule has 1 saturated heterocycles. The van der Waals surface area contributed by atoms with E-state index in [2.05, 4.69) is 35.2 Å². The highest BCUT2D eigenvalue weighted by molar-refractivity contribution is 8.00. The monoisotopic (exact) mass is 239 g/mol. The van der Waals surface area contributed by atoms with Crippen molar-refractivity contribution < 1.29 is 0 Å². The summed E-state index contributed by atoms with van der Waals surface area (Å²) < 4.78 is 1.99. The van der Waals surface area contributed by atoms with E-state index in [1.165, 1.54) is 30.0 Å². The summed E-state index contributed by atoms with van der Waals surface area (Å²) in [4.78, 5) is 0. The number of hydrogen-bond donors (Lipinski definition) is 1. The SMILES string of the molecule is CCc1cc(CNCC2CCCS2)n(C)n1. The van der Waals surface area contributed by atoms with Gasteiger partial charge in [0.1, 0.15) is 0 Å². The van der Waals surface area contributed by atoms with Crippen molar-refractivity contribution >= 4 is 11.8 Å². The van der Waals surface area contributed by atoms with Crippen molar-refractivity contribution in [1.29, 1.82) is 0 Å². The maximum Gasteiger partial charge on any atom is 0.0625 e. The van der Waals surface area contributed by atoms with E-state index in [1.807, 2.05) is 11.7 Å². The summed E-state index contributed by atoms with van der Waals surface area (Å²) in [7, 11) is 2.03. The van der Waals surface area contributed by atoms with Crippen LogP contribution in [0.5, 0.6) is 0 Å². The molecule has 1 unspecified atom stereocenters. The van der Waals surface area contributed by atoms with Gasteiger partial charge in [0, 0.05) is 25.4 Å². The van der Waals surface area contributed by atoms with Crippen molar-refractivity contribution in [3.8, 4) is 0 Å². The van der Waals surface area contributed by atoms with Crippen molar-refractivity contribution in [1.82, 2.24) is 15.1 Å². The second-order valence-corrected chi connectivity index (χ2v) is 5.78. The summed E-state index contributed by atoms with van der Waals surface area (Å²) in [6.07, 6.45) is 3.79. The number of nitrogens with zero attached hydrogens (tertiary/aromatic N) is 2. The maximum absolute atomic E-state index is 4.45. The predicted octanol–water partition coefficient (Wildman–Crippen LogP) is 1.97. The van der Waals surface area contributed by atoms with Crippen molar-refractivity contribution in [3.05, 3.63) is 17.5 Å². The molecule has 90 valence electrons. The van der Waals surface area contributed by atoms with Gasteiger partial charge in [-0.05, 0) is 31.1 Å². The molecule has 3 nitrogen and oxygen atoms in total. The van der Waals surface area contributed by atoms with Crippen LogP contribution in [0.3, 0.4) is 0 Å². The lowest BCUT2D eigenvalue weighted by Crippen LogP contribution is -2.23. The third-order valence-electron chi connectivity index (χ3n) is 3.09. The lowest BCUT2D eigenvalue weighted by molar-refractivity contribution is 0.605. The average Bonchev–Trinajstić information content (AvgIpc) is 2.89. The van der Waals surface area contributed by atoms with Gasteiger partial charge in [-0.25, -0.2) is 0 Å². The van der Waals surface area contributed by atoms with E-state index in [9.17, 15) is 0 Å². The van der Waals surface area contributed by atoms with Gasteiger partial charge in [0.2, 0.25) is 0 Å². The van der Waals surface area contributed by atoms with Gasteiger partial charge in [-0.15, -0.1) is 0 Å². The number of aryl methyl sites for hydroxylation is 2. The van der Waals surface area contributed by atoms with Gasteiger partial charge in [0.05, 0.1) is 11.4 Å². The summed E-state index contributed by atoms with van der Waals surface area (Å²) in [6, 6.07) is 2.20. The highest BCUT2D eigenvalue weighted by Crippen LogP contribution is 2.25. The van der Waals surface area contributed by atoms with Crippen molar-refractivity contribution in [2.24, 2.45) is 7.05 Å². The minimum atomic E-state index is 0.832. The first kappa shape index (κ1) is 12.0. The molecule has 1 fully saturated rings. The zero-order chi connectivity index (χ0) is 11.4. The Balaban J connectivity index is 1.77. The van der Waals surface area contributed by atoms with E-state index < -0.39 is 0 Å². The van der Waals surface area contributed by atoms with Crippen LogP contribution in [0.2, 0.25) is 0 Å². The number of thioether (sulfide) groups is 1. The third-order valence-corrected chi connectivity index (χ3v) is 4.49. The lowest BCUT2D eigenvalue weighted by Gasteiger charge is -2.09. The summed E-state index contributed by atoms with van der Waals surface area (Å²) in [6.45, 7) is 4.23. The van der Waals surface area contributed by atoms with Gasteiger partial charge >= 0.3 is 0 Å². The molecule has 2 heterocycles. The predicted molar refractivity (Wildman–Crippen MR) is 69.8 cm³/mol. The summed E-state index contributed by atoms with van der Waals surface area (Å²) in [5.41, 5.74) is 2.48. The molecule has 16 heavy (non-hydrogen) atoms. The van der Waals surface area contributed by atoms with E-state index in [0.29, 0.717) is 0 Å². The molecule has 1 N–H and O–H groups in total. The van der Waals surface area contributed by atoms with Crippen molar-refractivity contribution in [2.75, 3.05) is 12.3 Å². The van der Waals surface area contributed by atoms with Gasteiger partial charge in [0.15, 0.2) is 0 Å². The molecule has 0 radical (unpaired) electrons. The van der Waals surface area contributed by atoms with Crippen LogP contribution < -0.4 is 5.32 Å². The van der Waals surface area contributed by atoms with Crippen LogP contribution in [0, 0.1) is 0 Å². The van der Waals surface area contributed by atoms with Gasteiger partial charge < -0.3 is 5.32 Å². The van der Waals surface area contributed by atoms with Crippen LogP contribution in [0.25, 0.3) is 0 Å². The first-order valence-electron chi connectivity index (χ1n) is 6.13. The number of nitrogens with one attached hydrogen (secondary N) is 1. The molecule has 0 aliphatic carbocycles. The zero-order valence-electron chi connectivity index (χ0n) is 10.2. The van der Waals surface area contributed by atoms with Crippen LogP contribution in [0.15, 0.2) is 6.07 Å². The Labute approximate surface area is 102 Å². The zero-order valence-corrected chi connectivity index (χ0v) is 11.0. The van der Waals surface area contributed by atoms with Crippen LogP contribution >= 0.6 is 11.8 Å². The lowest BCUT2D eigenvalue weighted by atomic mass is 10.2. The molecule has 4 heteroatoms. The quantitative estimate of drug-likeness (QED) is 0.852. The fraction of sp³-hybridized carbons (Fsp3) is 0.750. The topological polar surface area (TPSA) is 29.9 Å². The van der Waals surface area contributed by atoms with Crippen molar-refractivity contribution in [2.45, 2.75) is 38.0 Å². The Bertz CT molecular complexity index is 329. The van der Waals surface area contributed by atoms with Crippen LogP contribution in [-0.2, 0) is 20.0 Å². The Kier molecular flexibility index (Phi) is 4.29. The number of rotatable bonds is 5. The second kappa shape index (κ2) is 5.73. The number of aromatic nitrogens is 2. The first-order valence-corrected chi connectivity index (χ1v) is 7.18. The largest absolute Gasteiger partial charge is 0.310 e. The molecule has 2 rings (SSSR count). The van der Waals surface area contributed by atoms with Crippen LogP contribution in [-0.4, -0.2) is 27.3 Å². The average molecular weight is 239 g/mol. The van der Waals surface area contributed by atoms with E-state index in [-0.39, 0.29) is 0 Å². The molecule has 0 saturated carbocycles. The summed E-state index contributed by atoms with van der Waals surface area (Å²) in [5.74, 6) is 1.35. The van der Waals surface area contributed by atoms with Gasteiger partial charge in [0.25, 0.3) is 0 Å². The standard InChI is InChI=1S/C12H21N3S/c1-3-10-7-11(15(2)14-10)8-13-9-12-5-4-6-16-12/h7,12-13H,3-6,8-9H2,1-2H3. The highest BCUT2D eigenvalue weighted by Gasteiger charge is 2.14. The molecule has 1 aliphatic heterocycles. The van der Waals surface area contributed by atoms with Gasteiger partial charge in [-0.1, -0.05) is 6.92 Å². The Hall–Kier alpha value is -0.480. The van der Waals surface area contributed by atoms with E-state index in [1.54, 1.807) is 0 Å². The van der Waals surface area contributed by atoms with Crippen molar-refractivity contribution in [3.63, 3.8) is 0 Å². The van der Waals surface area contributed by atoms with E-state index >= 15 is 0 Å². The highest BCUT2D eigenvalue weighted by atomic mass is 32.2. The molecule has 0 bridgehead atoms. The fourth-order valence-electron chi connectivity index (χ4n) is 2.08. The normalized spacial score (nSPS) is 20.5. The Morgan fingerprint density at radius 1 is 1.62 bits per heavy atom. The molecule has 0 amide bonds. The Morgan fingerprint density at radius 2 is 2.50 bits per heavy atom. The van der Waals surface area contributed by atoms with Crippen LogP contribution in [0.1, 0.15) is 31.2 Å². The summed E-state index contributed by atoms with van der Waals surface area (Å²) >= 11 is 2.11. The third kappa shape index (κ3) is 3.01. The fourth-order valence-corrected chi connectivity index (χ4v) is 3.31. The van der Waals surface area contributed by atoms with Gasteiger partial charge in [-0.2, -0.15) is 16.9 Å². The number of hydrogen-bond acceptors (Lipinski definition) is 3. The molecule has 1 aliphatic rings. The molecule has 0 spiro atoms. The van der Waals surface area contributed by atoms with Gasteiger partial charge in [-0.3, -0.25) is 4.68 Å². The molecule has 0 aromatic carbocycles. The second-order valence-electron chi connectivity index (χ2n) is 4.37. The van der Waals surface area contributed by atoms with Crippen LogP contribution in [0.4, 0.5) is 0 Å². The maximum atomic E-state index is 4.45. The first-order chi connectivity index (χ1) is 7.79. The molecular weight excluding hydrogens is 218 g/mol. The van der Waals surface area contributed by atoms with E-state index in [4.69, 9.17) is 0 Å². The summed E-state index contributed by atoms with van der Waals surface area (Å²) in [5, 5.41) is 8.82. The van der Waals surface area contributed by atoms with E-state index in [0.717, 1.165) is 24.8 Å². The smallest absolute Gasteiger partial charge is 0.0625 e. The molecule has 1 aromatic heterocycles. The minimum absolute atomic E-state index is 0.832. The minimum Gasteiger partial charge on any atom is -0.310 e. The Morgan fingerprint density at radius 3 is 3.12 bits per heavy atom. The molecular formula is C12H21N3S. The molecule has 1 aromatic rings. The molecule has 1 atom stereocenters.